The molecule has 0 saturated heterocycles. The molecule has 0 aromatic rings. The minimum absolute atomic E-state index is 0. The third kappa shape index (κ3) is 8.56. The van der Waals surface area contributed by atoms with Crippen LogP contribution in [0.1, 0.15) is 12.8 Å². The Balaban J connectivity index is -0.000000240. The summed E-state index contributed by atoms with van der Waals surface area (Å²) in [6.45, 7) is 0. The molecular formula is C6H11FNNaO7. The molecule has 0 spiro atoms. The zero-order valence-electron chi connectivity index (χ0n) is 8.77. The number of carbonyl (C=O) groups is 3. The van der Waals surface area contributed by atoms with E-state index >= 15 is 0 Å². The molecule has 0 saturated carbocycles. The number of hydrogen-bond acceptors (Lipinski definition) is 5. The normalized spacial score (nSPS) is 11.8. The van der Waals surface area contributed by atoms with Gasteiger partial charge in [0.05, 0.1) is 6.42 Å². The van der Waals surface area contributed by atoms with Gasteiger partial charge in [-0.05, 0) is 0 Å². The number of rotatable bonds is 5. The molecule has 16 heavy (non-hydrogen) atoms. The van der Waals surface area contributed by atoms with E-state index in [0.29, 0.717) is 0 Å². The second kappa shape index (κ2) is 9.48. The number of hydrogen-bond donors (Lipinski definition) is 4. The first-order chi connectivity index (χ1) is 5.78. The Morgan fingerprint density at radius 1 is 1.12 bits per heavy atom. The molecule has 0 fully saturated rings. The molecule has 0 aromatic carbocycles. The summed E-state index contributed by atoms with van der Waals surface area (Å²) >= 11 is 0. The van der Waals surface area contributed by atoms with Crippen LogP contribution in [0.4, 0.5) is 0 Å². The summed E-state index contributed by atoms with van der Waals surface area (Å²) in [5, 5.41) is 35.5. The maximum atomic E-state index is 10.3. The Hall–Kier alpha value is -0.740. The summed E-state index contributed by atoms with van der Waals surface area (Å²) < 4.78 is 0. The summed E-state index contributed by atoms with van der Waals surface area (Å²) in [6, 6.07) is 0. The number of quaternary nitrogens is 1. The van der Waals surface area contributed by atoms with E-state index < -0.39 is 36.4 Å². The summed E-state index contributed by atoms with van der Waals surface area (Å²) in [5.41, 5.74) is -2.80. The second-order valence-electron chi connectivity index (χ2n) is 2.46. The molecular weight excluding hydrogens is 240 g/mol. The minimum Gasteiger partial charge on any atom is -1.00 e. The Labute approximate surface area is 112 Å². The van der Waals surface area contributed by atoms with Gasteiger partial charge >= 0.3 is 41.5 Å². The molecule has 7 N–H and O–H groups in total. The summed E-state index contributed by atoms with van der Waals surface area (Å²) in [6.07, 6.45) is -2.44. The van der Waals surface area contributed by atoms with Crippen molar-refractivity contribution in [1.82, 2.24) is 6.15 Å². The molecule has 8 nitrogen and oxygen atoms in total. The predicted molar refractivity (Wildman–Crippen MR) is 40.4 cm³/mol. The SMILES string of the molecule is O=C([O-])CC(O)(CC(=O)O)C(=O)O.[F-].[NH4+].[Na+]. The molecule has 0 aliphatic rings. The molecule has 0 amide bonds. The number of aliphatic hydroxyl groups is 1. The van der Waals surface area contributed by atoms with Gasteiger partial charge in [-0.15, -0.1) is 0 Å². The van der Waals surface area contributed by atoms with Gasteiger partial charge in [0.25, 0.3) is 0 Å². The van der Waals surface area contributed by atoms with Gasteiger partial charge in [0.1, 0.15) is 0 Å². The van der Waals surface area contributed by atoms with Crippen molar-refractivity contribution in [3.05, 3.63) is 0 Å². The average Bonchev–Trinajstić information content (AvgIpc) is 1.82. The van der Waals surface area contributed by atoms with Crippen LogP contribution in [-0.2, 0) is 14.4 Å². The van der Waals surface area contributed by atoms with Crippen LogP contribution in [0.15, 0.2) is 0 Å². The first kappa shape index (κ1) is 24.5. The van der Waals surface area contributed by atoms with Gasteiger partial charge < -0.3 is 36.1 Å². The zero-order valence-corrected chi connectivity index (χ0v) is 10.8. The van der Waals surface area contributed by atoms with E-state index in [1.165, 1.54) is 0 Å². The molecule has 1 unspecified atom stereocenters. The van der Waals surface area contributed by atoms with E-state index in [0.717, 1.165) is 0 Å². The van der Waals surface area contributed by atoms with Crippen LogP contribution >= 0.6 is 0 Å². The average molecular weight is 251 g/mol. The maximum Gasteiger partial charge on any atom is 1.00 e. The molecule has 10 heteroatoms. The number of carboxylic acid groups (broad SMARTS) is 3. The monoisotopic (exact) mass is 251 g/mol. The van der Waals surface area contributed by atoms with E-state index in [2.05, 4.69) is 0 Å². The van der Waals surface area contributed by atoms with Gasteiger partial charge in [-0.1, -0.05) is 0 Å². The van der Waals surface area contributed by atoms with Crippen LogP contribution in [0.25, 0.3) is 0 Å². The van der Waals surface area contributed by atoms with Crippen molar-refractivity contribution in [2.45, 2.75) is 18.4 Å². The quantitative estimate of drug-likeness (QED) is 0.351. The van der Waals surface area contributed by atoms with Crippen molar-refractivity contribution in [1.29, 1.82) is 0 Å². The molecule has 0 heterocycles. The van der Waals surface area contributed by atoms with Crippen LogP contribution in [0.3, 0.4) is 0 Å². The first-order valence-electron chi connectivity index (χ1n) is 3.15. The third-order valence-electron chi connectivity index (χ3n) is 1.28. The molecule has 90 valence electrons. The maximum absolute atomic E-state index is 10.3. The van der Waals surface area contributed by atoms with Crippen molar-refractivity contribution < 1.29 is 69.1 Å². The van der Waals surface area contributed by atoms with Gasteiger partial charge in [0.2, 0.25) is 0 Å². The standard InChI is InChI=1S/C6H8O7.FH.H3N.Na/c7-3(8)1-6(13,5(11)12)2-4(9)10;;;/h13H,1-2H2,(H,7,8)(H,9,10)(H,11,12);1H;1H3;/q;;;+1/p-1. The van der Waals surface area contributed by atoms with Gasteiger partial charge in [-0.2, -0.15) is 0 Å². The second-order valence-corrected chi connectivity index (χ2v) is 2.46. The van der Waals surface area contributed by atoms with Gasteiger partial charge in [0, 0.05) is 12.4 Å². The van der Waals surface area contributed by atoms with E-state index in [-0.39, 0.29) is 40.4 Å². The number of halogens is 1. The van der Waals surface area contributed by atoms with Crippen LogP contribution in [-0.4, -0.2) is 38.8 Å². The van der Waals surface area contributed by atoms with Gasteiger partial charge in [-0.3, -0.25) is 4.79 Å². The van der Waals surface area contributed by atoms with Crippen molar-refractivity contribution in [2.75, 3.05) is 0 Å². The van der Waals surface area contributed by atoms with Crippen molar-refractivity contribution >= 4 is 17.9 Å². The minimum atomic E-state index is -2.80. The molecule has 0 rings (SSSR count). The fourth-order valence-corrected chi connectivity index (χ4v) is 0.703. The molecule has 0 aliphatic heterocycles. The van der Waals surface area contributed by atoms with Crippen molar-refractivity contribution in [2.24, 2.45) is 0 Å². The van der Waals surface area contributed by atoms with Crippen molar-refractivity contribution in [3.8, 4) is 0 Å². The van der Waals surface area contributed by atoms with E-state index in [9.17, 15) is 19.5 Å². The third-order valence-corrected chi connectivity index (χ3v) is 1.28. The zero-order chi connectivity index (χ0) is 10.6. The smallest absolute Gasteiger partial charge is 1.00 e. The fourth-order valence-electron chi connectivity index (χ4n) is 0.703. The van der Waals surface area contributed by atoms with Crippen molar-refractivity contribution in [3.63, 3.8) is 0 Å². The van der Waals surface area contributed by atoms with E-state index in [1.54, 1.807) is 0 Å². The number of carbonyl (C=O) groups excluding carboxylic acids is 1. The number of carboxylic acids is 3. The first-order valence-corrected chi connectivity index (χ1v) is 3.15. The van der Waals surface area contributed by atoms with Crippen LogP contribution in [0.5, 0.6) is 0 Å². The Kier molecular flexibility index (Phi) is 14.5. The van der Waals surface area contributed by atoms with Crippen LogP contribution in [0.2, 0.25) is 0 Å². The Morgan fingerprint density at radius 2 is 1.50 bits per heavy atom. The number of aliphatic carboxylic acids is 3. The van der Waals surface area contributed by atoms with Crippen LogP contribution in [0, 0.1) is 0 Å². The largest absolute Gasteiger partial charge is 1.00 e. The molecule has 1 atom stereocenters. The van der Waals surface area contributed by atoms with Gasteiger partial charge in [-0.25, -0.2) is 4.79 Å². The summed E-state index contributed by atoms with van der Waals surface area (Å²) in [7, 11) is 0. The fraction of sp³-hybridized carbons (Fsp3) is 0.500. The molecule has 0 aliphatic carbocycles. The molecule has 0 bridgehead atoms. The summed E-state index contributed by atoms with van der Waals surface area (Å²) in [5.74, 6) is -5.34. The molecule has 0 aromatic heterocycles. The topological polar surface area (TPSA) is 171 Å². The Morgan fingerprint density at radius 3 is 1.69 bits per heavy atom. The van der Waals surface area contributed by atoms with E-state index in [4.69, 9.17) is 15.3 Å². The predicted octanol–water partition coefficient (Wildman–Crippen LogP) is -8.20. The summed E-state index contributed by atoms with van der Waals surface area (Å²) in [4.78, 5) is 30.3. The Bertz CT molecular complexity index is 243. The molecule has 0 radical (unpaired) electrons. The van der Waals surface area contributed by atoms with E-state index in [1.807, 2.05) is 0 Å². The van der Waals surface area contributed by atoms with Crippen LogP contribution < -0.4 is 45.5 Å². The van der Waals surface area contributed by atoms with Gasteiger partial charge in [0.15, 0.2) is 5.60 Å².